The van der Waals surface area contributed by atoms with Gasteiger partial charge in [0.25, 0.3) is 0 Å². The van der Waals surface area contributed by atoms with Crippen LogP contribution in [0.15, 0.2) is 0 Å². The van der Waals surface area contributed by atoms with Gasteiger partial charge in [-0.25, -0.2) is 0 Å². The summed E-state index contributed by atoms with van der Waals surface area (Å²) in [6, 6.07) is 0. The van der Waals surface area contributed by atoms with Crippen molar-refractivity contribution in [2.24, 2.45) is 11.8 Å². The normalized spacial score (nSPS) is 12.8. The molecule has 0 aliphatic heterocycles. The Labute approximate surface area is 161 Å². The summed E-state index contributed by atoms with van der Waals surface area (Å²) in [7, 11) is 0. The van der Waals surface area contributed by atoms with Crippen LogP contribution in [0.3, 0.4) is 0 Å². The van der Waals surface area contributed by atoms with Crippen molar-refractivity contribution < 1.29 is 19.8 Å². The van der Waals surface area contributed by atoms with Crippen LogP contribution in [0, 0.1) is 11.8 Å². The summed E-state index contributed by atoms with van der Waals surface area (Å²) in [5, 5.41) is 17.7. The Hall–Kier alpha value is -1.06. The number of carboxylic acids is 2. The molecule has 0 amide bonds. The van der Waals surface area contributed by atoms with Gasteiger partial charge in [0.1, 0.15) is 0 Å². The SMILES string of the molecule is CCCCCCC(CCC)C(=O)O.CCCCCC[C@@H](CCC)C(=O)O. The smallest absolute Gasteiger partial charge is 0.306 e. The van der Waals surface area contributed by atoms with E-state index < -0.39 is 11.9 Å². The second-order valence-corrected chi connectivity index (χ2v) is 7.35. The molecule has 2 N–H and O–H groups in total. The zero-order valence-electron chi connectivity index (χ0n) is 17.8. The molecule has 0 fully saturated rings. The average Bonchev–Trinajstić information content (AvgIpc) is 2.60. The van der Waals surface area contributed by atoms with Crippen molar-refractivity contribution in [3.63, 3.8) is 0 Å². The standard InChI is InChI=1S/2C11H22O2/c2*1-3-5-6-7-9-10(8-4-2)11(12)13/h2*10H,3-9H2,1-2H3,(H,12,13)/t10-;/m1./s1. The predicted molar refractivity (Wildman–Crippen MR) is 110 cm³/mol. The van der Waals surface area contributed by atoms with Gasteiger partial charge in [0, 0.05) is 0 Å². The average molecular weight is 373 g/mol. The van der Waals surface area contributed by atoms with E-state index in [-0.39, 0.29) is 11.8 Å². The second-order valence-electron chi connectivity index (χ2n) is 7.35. The number of aliphatic carboxylic acids is 2. The monoisotopic (exact) mass is 372 g/mol. The molecule has 4 nitrogen and oxygen atoms in total. The van der Waals surface area contributed by atoms with E-state index in [1.807, 2.05) is 13.8 Å². The molecule has 0 rings (SSSR count). The minimum Gasteiger partial charge on any atom is -0.481 e. The van der Waals surface area contributed by atoms with Crippen molar-refractivity contribution >= 4 is 11.9 Å². The number of hydrogen-bond acceptors (Lipinski definition) is 2. The van der Waals surface area contributed by atoms with Gasteiger partial charge in [0.15, 0.2) is 0 Å². The Bertz CT molecular complexity index is 296. The molecule has 0 saturated carbocycles. The van der Waals surface area contributed by atoms with Crippen LogP contribution < -0.4 is 0 Å². The van der Waals surface area contributed by atoms with Crippen LogP contribution in [0.5, 0.6) is 0 Å². The lowest BCUT2D eigenvalue weighted by Gasteiger charge is -2.09. The molecule has 0 bridgehead atoms. The summed E-state index contributed by atoms with van der Waals surface area (Å²) in [5.41, 5.74) is 0. The molecule has 1 unspecified atom stereocenters. The van der Waals surface area contributed by atoms with Crippen LogP contribution in [0.4, 0.5) is 0 Å². The molecule has 156 valence electrons. The fraction of sp³-hybridized carbons (Fsp3) is 0.909. The molecule has 0 heterocycles. The number of carboxylic acid groups (broad SMARTS) is 2. The number of carbonyl (C=O) groups is 2. The van der Waals surface area contributed by atoms with Gasteiger partial charge >= 0.3 is 11.9 Å². The highest BCUT2D eigenvalue weighted by atomic mass is 16.4. The Morgan fingerprint density at radius 2 is 0.885 bits per heavy atom. The fourth-order valence-corrected chi connectivity index (χ4v) is 3.11. The molecular weight excluding hydrogens is 328 g/mol. The van der Waals surface area contributed by atoms with E-state index in [0.717, 1.165) is 51.4 Å². The van der Waals surface area contributed by atoms with Crippen LogP contribution in [0.2, 0.25) is 0 Å². The van der Waals surface area contributed by atoms with E-state index in [2.05, 4.69) is 13.8 Å². The molecule has 4 heteroatoms. The fourth-order valence-electron chi connectivity index (χ4n) is 3.11. The first-order valence-corrected chi connectivity index (χ1v) is 10.9. The minimum absolute atomic E-state index is 0.0955. The third-order valence-corrected chi connectivity index (χ3v) is 4.79. The Morgan fingerprint density at radius 3 is 1.12 bits per heavy atom. The molecule has 0 aromatic rings. The van der Waals surface area contributed by atoms with Crippen LogP contribution in [-0.2, 0) is 9.59 Å². The largest absolute Gasteiger partial charge is 0.481 e. The van der Waals surface area contributed by atoms with Crippen molar-refractivity contribution in [3.8, 4) is 0 Å². The molecule has 26 heavy (non-hydrogen) atoms. The number of rotatable bonds is 16. The van der Waals surface area contributed by atoms with Crippen LogP contribution >= 0.6 is 0 Å². The van der Waals surface area contributed by atoms with Gasteiger partial charge in [-0.1, -0.05) is 91.9 Å². The van der Waals surface area contributed by atoms with Crippen LogP contribution in [0.1, 0.15) is 118 Å². The lowest BCUT2D eigenvalue weighted by molar-refractivity contribution is -0.143. The van der Waals surface area contributed by atoms with Gasteiger partial charge in [0.2, 0.25) is 0 Å². The van der Waals surface area contributed by atoms with Crippen molar-refractivity contribution in [1.29, 1.82) is 0 Å². The van der Waals surface area contributed by atoms with Gasteiger partial charge in [-0.3, -0.25) is 9.59 Å². The Balaban J connectivity index is 0. The van der Waals surface area contributed by atoms with E-state index in [1.165, 1.54) is 38.5 Å². The first kappa shape index (κ1) is 27.2. The lowest BCUT2D eigenvalue weighted by Crippen LogP contribution is -2.13. The van der Waals surface area contributed by atoms with Crippen molar-refractivity contribution in [3.05, 3.63) is 0 Å². The molecule has 0 aliphatic carbocycles. The maximum atomic E-state index is 10.8. The minimum atomic E-state index is -0.613. The highest BCUT2D eigenvalue weighted by Gasteiger charge is 2.15. The predicted octanol–water partition coefficient (Wildman–Crippen LogP) is 6.92. The summed E-state index contributed by atoms with van der Waals surface area (Å²) in [4.78, 5) is 21.5. The first-order chi connectivity index (χ1) is 12.4. The van der Waals surface area contributed by atoms with E-state index in [9.17, 15) is 9.59 Å². The van der Waals surface area contributed by atoms with E-state index in [4.69, 9.17) is 10.2 Å². The van der Waals surface area contributed by atoms with Gasteiger partial charge < -0.3 is 10.2 Å². The Morgan fingerprint density at radius 1 is 0.538 bits per heavy atom. The first-order valence-electron chi connectivity index (χ1n) is 10.9. The van der Waals surface area contributed by atoms with Crippen LogP contribution in [-0.4, -0.2) is 22.2 Å². The van der Waals surface area contributed by atoms with Gasteiger partial charge in [-0.2, -0.15) is 0 Å². The van der Waals surface area contributed by atoms with Gasteiger partial charge in [0.05, 0.1) is 11.8 Å². The third kappa shape index (κ3) is 17.8. The molecular formula is C22H44O4. The van der Waals surface area contributed by atoms with E-state index >= 15 is 0 Å². The quantitative estimate of drug-likeness (QED) is 0.288. The molecule has 0 spiro atoms. The maximum absolute atomic E-state index is 10.8. The van der Waals surface area contributed by atoms with Crippen molar-refractivity contribution in [2.45, 2.75) is 118 Å². The number of hydrogen-bond donors (Lipinski definition) is 2. The number of unbranched alkanes of at least 4 members (excludes halogenated alkanes) is 6. The molecule has 0 saturated heterocycles. The molecule has 0 aromatic heterocycles. The zero-order valence-corrected chi connectivity index (χ0v) is 17.8. The van der Waals surface area contributed by atoms with E-state index in [0.29, 0.717) is 0 Å². The van der Waals surface area contributed by atoms with Crippen molar-refractivity contribution in [2.75, 3.05) is 0 Å². The van der Waals surface area contributed by atoms with Crippen molar-refractivity contribution in [1.82, 2.24) is 0 Å². The summed E-state index contributed by atoms with van der Waals surface area (Å²) >= 11 is 0. The summed E-state index contributed by atoms with van der Waals surface area (Å²) in [6.45, 7) is 8.42. The molecule has 0 aliphatic rings. The highest BCUT2D eigenvalue weighted by Crippen LogP contribution is 2.17. The third-order valence-electron chi connectivity index (χ3n) is 4.79. The lowest BCUT2D eigenvalue weighted by atomic mass is 9.96. The van der Waals surface area contributed by atoms with Gasteiger partial charge in [-0.05, 0) is 25.7 Å². The molecule has 2 atom stereocenters. The molecule has 0 radical (unpaired) electrons. The van der Waals surface area contributed by atoms with Gasteiger partial charge in [-0.15, -0.1) is 0 Å². The van der Waals surface area contributed by atoms with Crippen LogP contribution in [0.25, 0.3) is 0 Å². The zero-order chi connectivity index (χ0) is 20.2. The van der Waals surface area contributed by atoms with E-state index in [1.54, 1.807) is 0 Å². The molecule has 0 aromatic carbocycles. The summed E-state index contributed by atoms with van der Waals surface area (Å²) in [5.74, 6) is -1.42. The Kier molecular flexibility index (Phi) is 21.2. The summed E-state index contributed by atoms with van der Waals surface area (Å²) in [6.07, 6.45) is 14.8. The second kappa shape index (κ2) is 20.3. The highest BCUT2D eigenvalue weighted by molar-refractivity contribution is 5.70. The summed E-state index contributed by atoms with van der Waals surface area (Å²) < 4.78 is 0. The maximum Gasteiger partial charge on any atom is 0.306 e. The topological polar surface area (TPSA) is 74.6 Å².